The highest BCUT2D eigenvalue weighted by molar-refractivity contribution is 5.92. The number of nitrogens with zero attached hydrogens (tertiary/aromatic N) is 2. The monoisotopic (exact) mass is 383 g/mol. The van der Waals surface area contributed by atoms with Crippen LogP contribution in [-0.2, 0) is 10.3 Å². The summed E-state index contributed by atoms with van der Waals surface area (Å²) in [6, 6.07) is 5.48. The molecule has 1 aromatic heterocycles. The third-order valence-electron chi connectivity index (χ3n) is 4.75. The van der Waals surface area contributed by atoms with Crippen molar-refractivity contribution >= 4 is 12.0 Å². The molecule has 0 spiro atoms. The molecule has 1 aliphatic rings. The number of carbonyl (C=O) groups is 1. The van der Waals surface area contributed by atoms with Crippen LogP contribution in [0.5, 0.6) is 11.5 Å². The van der Waals surface area contributed by atoms with Crippen molar-refractivity contribution in [2.75, 3.05) is 13.7 Å². The topological polar surface area (TPSA) is 86.5 Å². The lowest BCUT2D eigenvalue weighted by Crippen LogP contribution is -2.44. The average molecular weight is 383 g/mol. The van der Waals surface area contributed by atoms with Crippen LogP contribution in [0.2, 0.25) is 0 Å². The van der Waals surface area contributed by atoms with E-state index in [4.69, 9.17) is 14.0 Å². The zero-order valence-corrected chi connectivity index (χ0v) is 16.2. The Morgan fingerprint density at radius 1 is 1.36 bits per heavy atom. The smallest absolute Gasteiger partial charge is 0.244 e. The summed E-state index contributed by atoms with van der Waals surface area (Å²) >= 11 is 0. The van der Waals surface area contributed by atoms with E-state index in [0.717, 1.165) is 31.2 Å². The maximum absolute atomic E-state index is 12.6. The maximum Gasteiger partial charge on any atom is 0.244 e. The van der Waals surface area contributed by atoms with Crippen LogP contribution in [0.3, 0.4) is 0 Å². The van der Waals surface area contributed by atoms with Crippen molar-refractivity contribution in [1.82, 2.24) is 15.5 Å². The molecule has 2 aromatic rings. The Bertz CT molecular complexity index is 866. The number of hydrogen-bond acceptors (Lipinski definition) is 6. The van der Waals surface area contributed by atoms with Gasteiger partial charge in [-0.3, -0.25) is 4.79 Å². The van der Waals surface area contributed by atoms with E-state index in [1.165, 1.54) is 6.08 Å². The second kappa shape index (κ2) is 8.73. The van der Waals surface area contributed by atoms with Crippen LogP contribution in [-0.4, -0.2) is 29.8 Å². The molecule has 1 fully saturated rings. The Labute approximate surface area is 164 Å². The largest absolute Gasteiger partial charge is 0.493 e. The highest BCUT2D eigenvalue weighted by atomic mass is 16.5. The number of amides is 1. The standard InChI is InChI=1S/C21H25N3O4/c1-4-13-27-17-9-7-16(14-18(17)26-3)8-10-19(25)23-21(11-5-6-12-21)20-22-15(2)28-24-20/h4,7-10,14H,1,5-6,11-13H2,2-3H3,(H,23,25)/b10-8+. The molecular weight excluding hydrogens is 358 g/mol. The van der Waals surface area contributed by atoms with E-state index in [2.05, 4.69) is 22.0 Å². The minimum Gasteiger partial charge on any atom is -0.493 e. The lowest BCUT2D eigenvalue weighted by atomic mass is 9.96. The summed E-state index contributed by atoms with van der Waals surface area (Å²) in [5.74, 6) is 2.07. The third kappa shape index (κ3) is 4.42. The Hall–Kier alpha value is -3.09. The molecule has 28 heavy (non-hydrogen) atoms. The van der Waals surface area contributed by atoms with E-state index in [-0.39, 0.29) is 5.91 Å². The number of aryl methyl sites for hydroxylation is 1. The molecular formula is C21H25N3O4. The summed E-state index contributed by atoms with van der Waals surface area (Å²) in [6.45, 7) is 5.77. The van der Waals surface area contributed by atoms with E-state index in [1.54, 1.807) is 32.3 Å². The SMILES string of the molecule is C=CCOc1ccc(/C=C/C(=O)NC2(c3noc(C)n3)CCCC2)cc1OC. The number of methoxy groups -OCH3 is 1. The molecule has 0 bridgehead atoms. The van der Waals surface area contributed by atoms with Gasteiger partial charge in [-0.05, 0) is 36.6 Å². The van der Waals surface area contributed by atoms with E-state index in [0.29, 0.717) is 29.8 Å². The molecule has 1 N–H and O–H groups in total. The van der Waals surface area contributed by atoms with Gasteiger partial charge in [-0.2, -0.15) is 4.98 Å². The first kappa shape index (κ1) is 19.7. The van der Waals surface area contributed by atoms with Gasteiger partial charge in [0, 0.05) is 13.0 Å². The maximum atomic E-state index is 12.6. The van der Waals surface area contributed by atoms with Crippen LogP contribution < -0.4 is 14.8 Å². The normalized spacial score (nSPS) is 15.5. The van der Waals surface area contributed by atoms with Gasteiger partial charge in [-0.1, -0.05) is 36.7 Å². The molecule has 3 rings (SSSR count). The summed E-state index contributed by atoms with van der Waals surface area (Å²) in [5.41, 5.74) is 0.271. The number of nitrogens with one attached hydrogen (secondary N) is 1. The first-order valence-electron chi connectivity index (χ1n) is 9.29. The van der Waals surface area contributed by atoms with Crippen LogP contribution in [0.4, 0.5) is 0 Å². The average Bonchev–Trinajstić information content (AvgIpc) is 3.35. The first-order valence-corrected chi connectivity index (χ1v) is 9.29. The molecule has 7 nitrogen and oxygen atoms in total. The highest BCUT2D eigenvalue weighted by Crippen LogP contribution is 2.37. The fraction of sp³-hybridized carbons (Fsp3) is 0.381. The number of aromatic nitrogens is 2. The Balaban J connectivity index is 1.71. The van der Waals surface area contributed by atoms with E-state index >= 15 is 0 Å². The predicted molar refractivity (Wildman–Crippen MR) is 105 cm³/mol. The molecule has 1 saturated carbocycles. The van der Waals surface area contributed by atoms with Crippen LogP contribution in [0.25, 0.3) is 6.08 Å². The van der Waals surface area contributed by atoms with Crippen molar-refractivity contribution in [3.63, 3.8) is 0 Å². The third-order valence-corrected chi connectivity index (χ3v) is 4.75. The van der Waals surface area contributed by atoms with Crippen molar-refractivity contribution in [2.24, 2.45) is 0 Å². The van der Waals surface area contributed by atoms with Gasteiger partial charge in [0.2, 0.25) is 11.8 Å². The summed E-state index contributed by atoms with van der Waals surface area (Å²) < 4.78 is 16.0. The fourth-order valence-electron chi connectivity index (χ4n) is 3.38. The van der Waals surface area contributed by atoms with Crippen molar-refractivity contribution in [2.45, 2.75) is 38.1 Å². The summed E-state index contributed by atoms with van der Waals surface area (Å²) in [6.07, 6.45) is 8.54. The summed E-state index contributed by atoms with van der Waals surface area (Å²) in [4.78, 5) is 16.9. The number of ether oxygens (including phenoxy) is 2. The van der Waals surface area contributed by atoms with Gasteiger partial charge in [0.25, 0.3) is 0 Å². The Morgan fingerprint density at radius 2 is 2.14 bits per heavy atom. The lowest BCUT2D eigenvalue weighted by Gasteiger charge is -2.25. The zero-order valence-electron chi connectivity index (χ0n) is 16.2. The van der Waals surface area contributed by atoms with Crippen molar-refractivity contribution in [3.8, 4) is 11.5 Å². The van der Waals surface area contributed by atoms with Crippen molar-refractivity contribution < 1.29 is 18.8 Å². The van der Waals surface area contributed by atoms with Gasteiger partial charge >= 0.3 is 0 Å². The van der Waals surface area contributed by atoms with E-state index in [1.807, 2.05) is 12.1 Å². The number of hydrogen-bond donors (Lipinski definition) is 1. The van der Waals surface area contributed by atoms with Crippen molar-refractivity contribution in [3.05, 3.63) is 54.2 Å². The molecule has 0 unspecified atom stereocenters. The van der Waals surface area contributed by atoms with E-state index < -0.39 is 5.54 Å². The molecule has 1 aromatic carbocycles. The predicted octanol–water partition coefficient (Wildman–Crippen LogP) is 3.55. The highest BCUT2D eigenvalue weighted by Gasteiger charge is 2.40. The van der Waals surface area contributed by atoms with Gasteiger partial charge in [-0.15, -0.1) is 0 Å². The number of rotatable bonds is 8. The zero-order chi connectivity index (χ0) is 20.0. The molecule has 1 aliphatic carbocycles. The lowest BCUT2D eigenvalue weighted by molar-refractivity contribution is -0.118. The summed E-state index contributed by atoms with van der Waals surface area (Å²) in [7, 11) is 1.58. The van der Waals surface area contributed by atoms with Crippen LogP contribution >= 0.6 is 0 Å². The van der Waals surface area contributed by atoms with Gasteiger partial charge < -0.3 is 19.3 Å². The molecule has 0 radical (unpaired) electrons. The minimum atomic E-state index is -0.556. The Morgan fingerprint density at radius 3 is 2.79 bits per heavy atom. The quantitative estimate of drug-likeness (QED) is 0.554. The minimum absolute atomic E-state index is 0.199. The number of carbonyl (C=O) groups excluding carboxylic acids is 1. The summed E-state index contributed by atoms with van der Waals surface area (Å²) in [5, 5.41) is 7.12. The van der Waals surface area contributed by atoms with Crippen molar-refractivity contribution in [1.29, 1.82) is 0 Å². The van der Waals surface area contributed by atoms with Crippen LogP contribution in [0.15, 0.2) is 41.5 Å². The Kier molecular flexibility index (Phi) is 6.13. The van der Waals surface area contributed by atoms with Gasteiger partial charge in [0.05, 0.1) is 7.11 Å². The fourth-order valence-corrected chi connectivity index (χ4v) is 3.38. The second-order valence-electron chi connectivity index (χ2n) is 6.76. The first-order chi connectivity index (χ1) is 13.6. The van der Waals surface area contributed by atoms with Crippen LogP contribution in [0.1, 0.15) is 43.0 Å². The molecule has 1 amide bonds. The number of benzene rings is 1. The van der Waals surface area contributed by atoms with Crippen LogP contribution in [0, 0.1) is 6.92 Å². The molecule has 0 atom stereocenters. The molecule has 0 saturated heterocycles. The van der Waals surface area contributed by atoms with Gasteiger partial charge in [0.1, 0.15) is 12.1 Å². The molecule has 148 valence electrons. The second-order valence-corrected chi connectivity index (χ2v) is 6.76. The molecule has 7 heteroatoms. The van der Waals surface area contributed by atoms with Gasteiger partial charge in [0.15, 0.2) is 17.3 Å². The van der Waals surface area contributed by atoms with E-state index in [9.17, 15) is 4.79 Å². The molecule has 1 heterocycles. The van der Waals surface area contributed by atoms with Gasteiger partial charge in [-0.25, -0.2) is 0 Å². The molecule has 0 aliphatic heterocycles.